The number of guanidine groups is 1. The third-order valence-corrected chi connectivity index (χ3v) is 4.59. The van der Waals surface area contributed by atoms with Crippen LogP contribution in [-0.4, -0.2) is 31.5 Å². The van der Waals surface area contributed by atoms with Crippen LogP contribution in [0.1, 0.15) is 31.2 Å². The zero-order chi connectivity index (χ0) is 15.4. The molecule has 126 valence electrons. The molecule has 1 heterocycles. The fourth-order valence-corrected chi connectivity index (χ4v) is 3.03. The van der Waals surface area contributed by atoms with E-state index in [1.165, 1.54) is 24.8 Å². The number of carbonyl (C=O) groups is 1. The molecule has 0 aromatic heterocycles. The van der Waals surface area contributed by atoms with Gasteiger partial charge in [0.05, 0.1) is 0 Å². The first-order valence-electron chi connectivity index (χ1n) is 8.16. The minimum Gasteiger partial charge on any atom is -0.370 e. The number of carbonyl (C=O) groups excluding carboxylic acids is 1. The first-order valence-corrected chi connectivity index (χ1v) is 8.16. The Bertz CT molecular complexity index is 571. The summed E-state index contributed by atoms with van der Waals surface area (Å²) in [4.78, 5) is 18.4. The van der Waals surface area contributed by atoms with Crippen LogP contribution in [0.3, 0.4) is 0 Å². The number of hydrogen-bond donors (Lipinski definition) is 2. The largest absolute Gasteiger partial charge is 0.370 e. The van der Waals surface area contributed by atoms with Crippen LogP contribution in [0.4, 0.5) is 5.69 Å². The normalized spacial score (nSPS) is 17.7. The lowest BCUT2D eigenvalue weighted by molar-refractivity contribution is -0.117. The number of anilines is 1. The van der Waals surface area contributed by atoms with Crippen molar-refractivity contribution >= 4 is 41.5 Å². The molecule has 5 nitrogen and oxygen atoms in total. The Morgan fingerprint density at radius 1 is 1.30 bits per heavy atom. The van der Waals surface area contributed by atoms with Crippen molar-refractivity contribution < 1.29 is 4.79 Å². The molecule has 0 unspecified atom stereocenters. The van der Waals surface area contributed by atoms with E-state index < -0.39 is 0 Å². The number of para-hydroxylation sites is 1. The van der Waals surface area contributed by atoms with Gasteiger partial charge in [-0.3, -0.25) is 4.79 Å². The Balaban J connectivity index is 0.00000192. The van der Waals surface area contributed by atoms with Crippen LogP contribution in [0.25, 0.3) is 0 Å². The summed E-state index contributed by atoms with van der Waals surface area (Å²) in [5.74, 6) is 1.12. The Hall–Kier alpha value is -1.31. The molecule has 0 saturated heterocycles. The first kappa shape index (κ1) is 18.0. The Morgan fingerprint density at radius 2 is 2.09 bits per heavy atom. The highest BCUT2D eigenvalue weighted by Crippen LogP contribution is 2.26. The second kappa shape index (κ2) is 8.52. The summed E-state index contributed by atoms with van der Waals surface area (Å²) < 4.78 is 0. The maximum atomic E-state index is 12.4. The van der Waals surface area contributed by atoms with Gasteiger partial charge in [-0.2, -0.15) is 0 Å². The van der Waals surface area contributed by atoms with Crippen LogP contribution in [-0.2, 0) is 11.2 Å². The minimum absolute atomic E-state index is 0. The van der Waals surface area contributed by atoms with Gasteiger partial charge in [0, 0.05) is 18.8 Å². The highest BCUT2D eigenvalue weighted by atomic mass is 127. The van der Waals surface area contributed by atoms with E-state index in [0.717, 1.165) is 37.5 Å². The predicted octanol–water partition coefficient (Wildman–Crippen LogP) is 2.29. The Kier molecular flexibility index (Phi) is 6.68. The van der Waals surface area contributed by atoms with Gasteiger partial charge < -0.3 is 16.0 Å². The van der Waals surface area contributed by atoms with Crippen molar-refractivity contribution in [2.75, 3.05) is 24.5 Å². The van der Waals surface area contributed by atoms with Gasteiger partial charge in [-0.25, -0.2) is 4.99 Å². The van der Waals surface area contributed by atoms with Gasteiger partial charge in [-0.05, 0) is 43.2 Å². The third kappa shape index (κ3) is 4.59. The predicted molar refractivity (Wildman–Crippen MR) is 104 cm³/mol. The number of rotatable bonds is 4. The van der Waals surface area contributed by atoms with Crippen LogP contribution in [0.5, 0.6) is 0 Å². The van der Waals surface area contributed by atoms with Crippen molar-refractivity contribution in [1.82, 2.24) is 5.32 Å². The summed E-state index contributed by atoms with van der Waals surface area (Å²) in [5, 5.41) is 3.12. The average Bonchev–Trinajstić information content (AvgIpc) is 2.50. The molecule has 1 amide bonds. The number of aryl methyl sites for hydroxylation is 1. The smallest absolute Gasteiger partial charge is 0.248 e. The molecular formula is C17H25IN4O. The fourth-order valence-electron chi connectivity index (χ4n) is 3.03. The number of halogens is 1. The van der Waals surface area contributed by atoms with E-state index in [4.69, 9.17) is 5.73 Å². The van der Waals surface area contributed by atoms with E-state index in [0.29, 0.717) is 5.96 Å². The van der Waals surface area contributed by atoms with Gasteiger partial charge in [0.1, 0.15) is 6.54 Å². The molecule has 1 fully saturated rings. The lowest BCUT2D eigenvalue weighted by atomic mass is 9.85. The number of nitrogens with zero attached hydrogens (tertiary/aromatic N) is 2. The zero-order valence-electron chi connectivity index (χ0n) is 13.3. The summed E-state index contributed by atoms with van der Waals surface area (Å²) in [6.45, 7) is 1.74. The minimum atomic E-state index is 0. The molecule has 1 aromatic rings. The number of aliphatic imine (C=N–C) groups is 1. The van der Waals surface area contributed by atoms with Crippen LogP contribution >= 0.6 is 24.0 Å². The summed E-state index contributed by atoms with van der Waals surface area (Å²) >= 11 is 0. The van der Waals surface area contributed by atoms with E-state index in [1.807, 2.05) is 23.1 Å². The number of fused-ring (bicyclic) bond motifs is 1. The molecule has 1 aliphatic carbocycles. The second-order valence-electron chi connectivity index (χ2n) is 6.16. The molecule has 1 saturated carbocycles. The fraction of sp³-hybridized carbons (Fsp3) is 0.529. The van der Waals surface area contributed by atoms with E-state index in [2.05, 4.69) is 16.4 Å². The Morgan fingerprint density at radius 3 is 2.83 bits per heavy atom. The topological polar surface area (TPSA) is 70.7 Å². The van der Waals surface area contributed by atoms with Crippen molar-refractivity contribution in [1.29, 1.82) is 0 Å². The van der Waals surface area contributed by atoms with E-state index in [1.54, 1.807) is 0 Å². The van der Waals surface area contributed by atoms with Gasteiger partial charge in [-0.1, -0.05) is 24.6 Å². The number of benzene rings is 1. The van der Waals surface area contributed by atoms with E-state index in [9.17, 15) is 4.79 Å². The summed E-state index contributed by atoms with van der Waals surface area (Å²) in [6, 6.07) is 8.09. The molecule has 0 spiro atoms. The maximum absolute atomic E-state index is 12.4. The number of amides is 1. The van der Waals surface area contributed by atoms with Gasteiger partial charge >= 0.3 is 0 Å². The van der Waals surface area contributed by atoms with Gasteiger partial charge in [0.25, 0.3) is 0 Å². The second-order valence-corrected chi connectivity index (χ2v) is 6.16. The maximum Gasteiger partial charge on any atom is 0.248 e. The van der Waals surface area contributed by atoms with Crippen molar-refractivity contribution in [2.45, 2.75) is 32.1 Å². The summed E-state index contributed by atoms with van der Waals surface area (Å²) in [6.07, 6.45) is 5.89. The van der Waals surface area contributed by atoms with Crippen molar-refractivity contribution in [3.05, 3.63) is 29.8 Å². The van der Waals surface area contributed by atoms with Crippen molar-refractivity contribution in [3.8, 4) is 0 Å². The monoisotopic (exact) mass is 428 g/mol. The molecule has 0 bridgehead atoms. The molecule has 23 heavy (non-hydrogen) atoms. The number of hydrogen-bond acceptors (Lipinski definition) is 2. The lowest BCUT2D eigenvalue weighted by Gasteiger charge is -2.29. The van der Waals surface area contributed by atoms with Crippen LogP contribution in [0.2, 0.25) is 0 Å². The third-order valence-electron chi connectivity index (χ3n) is 4.59. The zero-order valence-corrected chi connectivity index (χ0v) is 15.7. The molecule has 1 aromatic carbocycles. The molecule has 1 aliphatic heterocycles. The molecule has 0 radical (unpaired) electrons. The molecule has 6 heteroatoms. The van der Waals surface area contributed by atoms with Crippen molar-refractivity contribution in [2.24, 2.45) is 16.6 Å². The molecule has 2 aliphatic rings. The summed E-state index contributed by atoms with van der Waals surface area (Å²) in [5.41, 5.74) is 8.10. The Labute approximate surface area is 154 Å². The quantitative estimate of drug-likeness (QED) is 0.439. The van der Waals surface area contributed by atoms with E-state index in [-0.39, 0.29) is 36.4 Å². The van der Waals surface area contributed by atoms with E-state index >= 15 is 0 Å². The van der Waals surface area contributed by atoms with Crippen molar-refractivity contribution in [3.63, 3.8) is 0 Å². The molecular weight excluding hydrogens is 403 g/mol. The average molecular weight is 428 g/mol. The molecule has 0 atom stereocenters. The highest BCUT2D eigenvalue weighted by Gasteiger charge is 2.21. The summed E-state index contributed by atoms with van der Waals surface area (Å²) in [7, 11) is 0. The van der Waals surface area contributed by atoms with Gasteiger partial charge in [0.15, 0.2) is 5.96 Å². The van der Waals surface area contributed by atoms with Crippen LogP contribution in [0.15, 0.2) is 29.3 Å². The standard InChI is InChI=1S/C17H24N4O.HI/c18-17(19-11-13-5-3-6-13)20-12-16(22)21-10-4-8-14-7-1-2-9-15(14)21;/h1-2,7,9,13H,3-6,8,10-12H2,(H3,18,19,20);1H. The number of nitrogens with one attached hydrogen (secondary N) is 1. The highest BCUT2D eigenvalue weighted by molar-refractivity contribution is 14.0. The molecule has 3 N–H and O–H groups in total. The van der Waals surface area contributed by atoms with Gasteiger partial charge in [0.2, 0.25) is 5.91 Å². The van der Waals surface area contributed by atoms with Crippen LogP contribution in [0, 0.1) is 5.92 Å². The lowest BCUT2D eigenvalue weighted by Crippen LogP contribution is -2.40. The molecule has 3 rings (SSSR count). The number of nitrogens with two attached hydrogens (primary N) is 1. The van der Waals surface area contributed by atoms with Gasteiger partial charge in [-0.15, -0.1) is 24.0 Å². The first-order chi connectivity index (χ1) is 10.7. The SMILES string of the molecule is I.NC(=NCC(=O)N1CCCc2ccccc21)NCC1CCC1. The van der Waals surface area contributed by atoms with Crippen LogP contribution < -0.4 is 16.0 Å².